The molecule has 6 heteroatoms. The van der Waals surface area contributed by atoms with E-state index in [9.17, 15) is 9.59 Å². The molecule has 0 aliphatic rings. The van der Waals surface area contributed by atoms with E-state index in [0.29, 0.717) is 29.7 Å². The normalized spacial score (nSPS) is 11.5. The van der Waals surface area contributed by atoms with Crippen molar-refractivity contribution in [3.8, 4) is 17.2 Å². The van der Waals surface area contributed by atoms with Gasteiger partial charge in [0, 0.05) is 0 Å². The van der Waals surface area contributed by atoms with Crippen LogP contribution in [0, 0.1) is 0 Å². The van der Waals surface area contributed by atoms with Crippen molar-refractivity contribution in [3.05, 3.63) is 100.0 Å². The number of fused-ring (bicyclic) bond motifs is 1. The lowest BCUT2D eigenvalue weighted by molar-refractivity contribution is 0.0729. The van der Waals surface area contributed by atoms with Gasteiger partial charge in [-0.1, -0.05) is 60.6 Å². The predicted molar refractivity (Wildman–Crippen MR) is 151 cm³/mol. The molecule has 0 aliphatic heterocycles. The molecule has 2 aromatic carbocycles. The number of ether oxygens (including phenoxy) is 3. The van der Waals surface area contributed by atoms with Gasteiger partial charge in [-0.25, -0.2) is 9.59 Å². The third kappa shape index (κ3) is 8.23. The number of para-hydroxylation sites is 1. The summed E-state index contributed by atoms with van der Waals surface area (Å²) in [4.78, 5) is 26.0. The van der Waals surface area contributed by atoms with Gasteiger partial charge in [-0.05, 0) is 76.8 Å². The molecule has 0 saturated heterocycles. The summed E-state index contributed by atoms with van der Waals surface area (Å²) in [5.74, 6) is -0.348. The van der Waals surface area contributed by atoms with Crippen LogP contribution in [0.2, 0.25) is 0 Å². The lowest BCUT2D eigenvalue weighted by Gasteiger charge is -2.14. The Morgan fingerprint density at radius 3 is 2.42 bits per heavy atom. The van der Waals surface area contributed by atoms with E-state index in [1.54, 1.807) is 42.5 Å². The van der Waals surface area contributed by atoms with Gasteiger partial charge in [0.2, 0.25) is 5.75 Å². The van der Waals surface area contributed by atoms with Crippen molar-refractivity contribution in [2.75, 3.05) is 13.2 Å². The molecule has 200 valence electrons. The molecule has 0 spiro atoms. The Hall–Kier alpha value is -4.06. The molecule has 0 amide bonds. The van der Waals surface area contributed by atoms with E-state index >= 15 is 0 Å². The minimum absolute atomic E-state index is 0.0171. The van der Waals surface area contributed by atoms with E-state index in [4.69, 9.17) is 18.6 Å². The van der Waals surface area contributed by atoms with Gasteiger partial charge in [-0.3, -0.25) is 0 Å². The second-order valence-electron chi connectivity index (χ2n) is 9.13. The second-order valence-corrected chi connectivity index (χ2v) is 9.13. The van der Waals surface area contributed by atoms with Crippen molar-refractivity contribution in [1.82, 2.24) is 0 Å². The molecule has 38 heavy (non-hydrogen) atoms. The van der Waals surface area contributed by atoms with Gasteiger partial charge in [-0.2, -0.15) is 0 Å². The molecule has 1 aromatic heterocycles. The molecule has 6 nitrogen and oxygen atoms in total. The lowest BCUT2D eigenvalue weighted by Crippen LogP contribution is -2.15. The number of rotatable bonds is 13. The highest BCUT2D eigenvalue weighted by molar-refractivity contribution is 5.96. The fourth-order valence-corrected chi connectivity index (χ4v) is 3.70. The predicted octanol–water partition coefficient (Wildman–Crippen LogP) is 7.82. The first-order chi connectivity index (χ1) is 18.4. The van der Waals surface area contributed by atoms with Gasteiger partial charge in [0.15, 0.2) is 17.1 Å². The van der Waals surface area contributed by atoms with Gasteiger partial charge in [0.05, 0.1) is 17.6 Å². The van der Waals surface area contributed by atoms with Crippen molar-refractivity contribution < 1.29 is 23.4 Å². The highest BCUT2D eigenvalue weighted by Crippen LogP contribution is 2.37. The lowest BCUT2D eigenvalue weighted by atomic mass is 10.1. The highest BCUT2D eigenvalue weighted by atomic mass is 16.6. The Bertz CT molecular complexity index is 1360. The summed E-state index contributed by atoms with van der Waals surface area (Å²) in [5.41, 5.74) is 2.31. The molecule has 0 unspecified atom stereocenters. The molecule has 3 rings (SSSR count). The summed E-state index contributed by atoms with van der Waals surface area (Å²) >= 11 is 0. The average Bonchev–Trinajstić information content (AvgIpc) is 2.90. The largest absolute Gasteiger partial charge is 0.486 e. The molecule has 0 atom stereocenters. The molecule has 0 saturated carbocycles. The smallest absolute Gasteiger partial charge is 0.383 e. The summed E-state index contributed by atoms with van der Waals surface area (Å²) in [7, 11) is 0. The van der Waals surface area contributed by atoms with E-state index in [1.807, 2.05) is 31.2 Å². The fraction of sp³-hybridized carbons (Fsp3) is 0.312. The van der Waals surface area contributed by atoms with Crippen molar-refractivity contribution in [2.45, 2.75) is 53.4 Å². The summed E-state index contributed by atoms with van der Waals surface area (Å²) in [6.45, 7) is 8.81. The van der Waals surface area contributed by atoms with E-state index in [2.05, 4.69) is 26.8 Å². The minimum atomic E-state index is -0.739. The minimum Gasteiger partial charge on any atom is -0.486 e. The first-order valence-corrected chi connectivity index (χ1v) is 13.0. The van der Waals surface area contributed by atoms with Crippen LogP contribution in [0.3, 0.4) is 0 Å². The number of carbonyl (C=O) groups excluding carboxylic acids is 1. The summed E-state index contributed by atoms with van der Waals surface area (Å²) in [6, 6.07) is 13.8. The molecule has 0 N–H and O–H groups in total. The second kappa shape index (κ2) is 14.6. The van der Waals surface area contributed by atoms with Crippen molar-refractivity contribution >= 4 is 16.9 Å². The Morgan fingerprint density at radius 1 is 0.895 bits per heavy atom. The quantitative estimate of drug-likeness (QED) is 0.0998. The van der Waals surface area contributed by atoms with E-state index < -0.39 is 11.6 Å². The maximum absolute atomic E-state index is 13.0. The van der Waals surface area contributed by atoms with Crippen LogP contribution in [0.15, 0.2) is 93.2 Å². The number of carbonyl (C=O) groups is 1. The van der Waals surface area contributed by atoms with Crippen LogP contribution in [-0.4, -0.2) is 19.2 Å². The SMILES string of the molecule is CCC=CCCOc1c(OC(=O)c2ccccc2)c2cccc(OCC=C(C)CCC=C(C)C)c2oc1=O. The first-order valence-electron chi connectivity index (χ1n) is 13.0. The third-order valence-corrected chi connectivity index (χ3v) is 5.71. The zero-order valence-electron chi connectivity index (χ0n) is 22.6. The maximum atomic E-state index is 13.0. The third-order valence-electron chi connectivity index (χ3n) is 5.71. The molecular formula is C32H36O6. The standard InChI is InChI=1S/C32H36O6/c1-5-6-7-11-21-36-30-29(38-31(33)25-16-9-8-10-17-25)26-18-13-19-27(28(26)37-32(30)34)35-22-20-24(4)15-12-14-23(2)3/h6-10,13-14,16-20H,5,11-12,15,21-22H2,1-4H3. The van der Waals surface area contributed by atoms with Gasteiger partial charge in [0.1, 0.15) is 6.61 Å². The Kier molecular flexibility index (Phi) is 11.0. The summed E-state index contributed by atoms with van der Waals surface area (Å²) in [6.07, 6.45) is 11.6. The van der Waals surface area contributed by atoms with Crippen LogP contribution in [0.5, 0.6) is 17.2 Å². The van der Waals surface area contributed by atoms with Crippen LogP contribution in [0.1, 0.15) is 63.7 Å². The topological polar surface area (TPSA) is 75.0 Å². The van der Waals surface area contributed by atoms with Gasteiger partial charge >= 0.3 is 11.6 Å². The van der Waals surface area contributed by atoms with Gasteiger partial charge in [-0.15, -0.1) is 0 Å². The summed E-state index contributed by atoms with van der Waals surface area (Å²) in [5, 5.41) is 0.412. The molecule has 1 heterocycles. The van der Waals surface area contributed by atoms with Crippen LogP contribution in [0.25, 0.3) is 11.0 Å². The molecular weight excluding hydrogens is 480 g/mol. The maximum Gasteiger partial charge on any atom is 0.383 e. The van der Waals surface area contributed by atoms with E-state index in [-0.39, 0.29) is 23.7 Å². The number of hydrogen-bond donors (Lipinski definition) is 0. The average molecular weight is 517 g/mol. The fourth-order valence-electron chi connectivity index (χ4n) is 3.70. The zero-order chi connectivity index (χ0) is 27.3. The van der Waals surface area contributed by atoms with E-state index in [0.717, 1.165) is 19.3 Å². The van der Waals surface area contributed by atoms with Crippen LogP contribution >= 0.6 is 0 Å². The number of allylic oxidation sites excluding steroid dienone is 4. The Morgan fingerprint density at radius 2 is 1.68 bits per heavy atom. The van der Waals surface area contributed by atoms with Crippen LogP contribution in [0.4, 0.5) is 0 Å². The van der Waals surface area contributed by atoms with Gasteiger partial charge in [0.25, 0.3) is 0 Å². The molecule has 0 aliphatic carbocycles. The number of esters is 1. The molecule has 0 bridgehead atoms. The monoisotopic (exact) mass is 516 g/mol. The number of benzene rings is 2. The zero-order valence-corrected chi connectivity index (χ0v) is 22.6. The molecule has 0 fully saturated rings. The number of hydrogen-bond acceptors (Lipinski definition) is 6. The van der Waals surface area contributed by atoms with Crippen molar-refractivity contribution in [3.63, 3.8) is 0 Å². The van der Waals surface area contributed by atoms with Crippen LogP contribution < -0.4 is 19.8 Å². The van der Waals surface area contributed by atoms with Crippen molar-refractivity contribution in [2.24, 2.45) is 0 Å². The Balaban J connectivity index is 1.92. The molecule has 3 aromatic rings. The summed E-state index contributed by atoms with van der Waals surface area (Å²) < 4.78 is 23.1. The van der Waals surface area contributed by atoms with Crippen LogP contribution in [-0.2, 0) is 0 Å². The molecule has 0 radical (unpaired) electrons. The van der Waals surface area contributed by atoms with Crippen molar-refractivity contribution in [1.29, 1.82) is 0 Å². The van der Waals surface area contributed by atoms with Gasteiger partial charge < -0.3 is 18.6 Å². The van der Waals surface area contributed by atoms with E-state index in [1.165, 1.54) is 11.1 Å². The highest BCUT2D eigenvalue weighted by Gasteiger charge is 2.23. The first kappa shape index (κ1) is 28.5. The Labute approximate surface area is 224 Å².